The second-order valence-corrected chi connectivity index (χ2v) is 6.82. The summed E-state index contributed by atoms with van der Waals surface area (Å²) in [5, 5.41) is 0.953. The van der Waals surface area contributed by atoms with Crippen LogP contribution in [-0.4, -0.2) is 21.0 Å². The molecule has 0 saturated heterocycles. The van der Waals surface area contributed by atoms with Crippen molar-refractivity contribution in [2.45, 2.75) is 25.1 Å². The fraction of sp³-hybridized carbons (Fsp3) is 0.417. The highest BCUT2D eigenvalue weighted by molar-refractivity contribution is 7.84. The molecule has 0 spiro atoms. The lowest BCUT2D eigenvalue weighted by molar-refractivity contribution is 0.667. The molecular weight excluding hydrogens is 252 g/mol. The van der Waals surface area contributed by atoms with Crippen LogP contribution in [0.2, 0.25) is 0 Å². The van der Waals surface area contributed by atoms with Crippen molar-refractivity contribution in [2.24, 2.45) is 5.73 Å². The summed E-state index contributed by atoms with van der Waals surface area (Å²) in [4.78, 5) is 4.47. The van der Waals surface area contributed by atoms with Crippen LogP contribution in [-0.2, 0) is 16.6 Å². The van der Waals surface area contributed by atoms with Crippen molar-refractivity contribution in [3.63, 3.8) is 0 Å². The lowest BCUT2D eigenvalue weighted by Gasteiger charge is -2.03. The predicted molar refractivity (Wildman–Crippen MR) is 74.6 cm³/mol. The number of hydrogen-bond acceptors (Lipinski definition) is 4. The molecule has 1 aromatic carbocycles. The van der Waals surface area contributed by atoms with Gasteiger partial charge in [-0.25, -0.2) is 4.98 Å². The van der Waals surface area contributed by atoms with Gasteiger partial charge in [0.2, 0.25) is 0 Å². The molecule has 0 aliphatic carbocycles. The Balaban J connectivity index is 2.01. The van der Waals surface area contributed by atoms with Gasteiger partial charge >= 0.3 is 0 Å². The number of rotatable bonds is 5. The van der Waals surface area contributed by atoms with Gasteiger partial charge in [0.15, 0.2) is 0 Å². The molecule has 92 valence electrons. The van der Waals surface area contributed by atoms with E-state index in [0.717, 1.165) is 21.6 Å². The van der Waals surface area contributed by atoms with E-state index < -0.39 is 10.8 Å². The van der Waals surface area contributed by atoms with Gasteiger partial charge in [-0.3, -0.25) is 4.21 Å². The van der Waals surface area contributed by atoms with Crippen molar-refractivity contribution in [3.05, 3.63) is 29.3 Å². The number of fused-ring (bicyclic) bond motifs is 1. The molecule has 0 amide bonds. The van der Waals surface area contributed by atoms with Gasteiger partial charge in [0.05, 0.1) is 16.0 Å². The maximum atomic E-state index is 11.8. The molecule has 0 saturated carbocycles. The van der Waals surface area contributed by atoms with E-state index in [1.165, 1.54) is 0 Å². The molecule has 0 radical (unpaired) electrons. The summed E-state index contributed by atoms with van der Waals surface area (Å²) in [5.74, 6) is 1.21. The molecule has 17 heavy (non-hydrogen) atoms. The van der Waals surface area contributed by atoms with Crippen LogP contribution in [0, 0.1) is 0 Å². The number of para-hydroxylation sites is 1. The van der Waals surface area contributed by atoms with E-state index in [1.54, 1.807) is 11.3 Å². The zero-order valence-corrected chi connectivity index (χ0v) is 11.4. The molecule has 0 bridgehead atoms. The number of thiazole rings is 1. The molecule has 5 heteroatoms. The molecule has 1 heterocycles. The highest BCUT2D eigenvalue weighted by Gasteiger charge is 2.08. The lowest BCUT2D eigenvalue weighted by atomic mass is 10.3. The number of nitrogens with zero attached hydrogens (tertiary/aromatic N) is 1. The SMILES string of the molecule is CC(N)CCS(=O)Cc1nc2ccccc2s1. The van der Waals surface area contributed by atoms with Crippen molar-refractivity contribution < 1.29 is 4.21 Å². The average Bonchev–Trinajstić information content (AvgIpc) is 2.68. The summed E-state index contributed by atoms with van der Waals surface area (Å²) in [6, 6.07) is 8.12. The second-order valence-electron chi connectivity index (χ2n) is 4.13. The quantitative estimate of drug-likeness (QED) is 0.905. The van der Waals surface area contributed by atoms with E-state index in [2.05, 4.69) is 4.98 Å². The third-order valence-corrected chi connectivity index (χ3v) is 4.93. The van der Waals surface area contributed by atoms with Gasteiger partial charge in [-0.05, 0) is 25.5 Å². The molecular formula is C12H16N2OS2. The topological polar surface area (TPSA) is 56.0 Å². The lowest BCUT2D eigenvalue weighted by Crippen LogP contribution is -2.18. The molecule has 2 aromatic rings. The molecule has 0 aliphatic rings. The van der Waals surface area contributed by atoms with Crippen LogP contribution in [0.15, 0.2) is 24.3 Å². The van der Waals surface area contributed by atoms with Crippen molar-refractivity contribution in [3.8, 4) is 0 Å². The largest absolute Gasteiger partial charge is 0.328 e. The van der Waals surface area contributed by atoms with Crippen molar-refractivity contribution >= 4 is 32.4 Å². The molecule has 2 rings (SSSR count). The Kier molecular flexibility index (Phi) is 4.25. The van der Waals surface area contributed by atoms with E-state index in [1.807, 2.05) is 31.2 Å². The van der Waals surface area contributed by atoms with E-state index in [4.69, 9.17) is 5.73 Å². The van der Waals surface area contributed by atoms with Gasteiger partial charge in [0.25, 0.3) is 0 Å². The molecule has 2 unspecified atom stereocenters. The Morgan fingerprint density at radius 3 is 2.94 bits per heavy atom. The van der Waals surface area contributed by atoms with Crippen LogP contribution in [0.25, 0.3) is 10.2 Å². The van der Waals surface area contributed by atoms with E-state index in [9.17, 15) is 4.21 Å². The summed E-state index contributed by atoms with van der Waals surface area (Å²) in [6.45, 7) is 1.94. The first-order chi connectivity index (χ1) is 8.15. The monoisotopic (exact) mass is 268 g/mol. The van der Waals surface area contributed by atoms with Crippen LogP contribution in [0.4, 0.5) is 0 Å². The highest BCUT2D eigenvalue weighted by Crippen LogP contribution is 2.22. The minimum atomic E-state index is -0.850. The Bertz CT molecular complexity index is 489. The molecule has 2 N–H and O–H groups in total. The Morgan fingerprint density at radius 1 is 1.47 bits per heavy atom. The molecule has 0 fully saturated rings. The molecule has 2 atom stereocenters. The third-order valence-electron chi connectivity index (χ3n) is 2.42. The zero-order chi connectivity index (χ0) is 12.3. The van der Waals surface area contributed by atoms with Crippen LogP contribution < -0.4 is 5.73 Å². The van der Waals surface area contributed by atoms with Gasteiger partial charge in [-0.15, -0.1) is 11.3 Å². The van der Waals surface area contributed by atoms with E-state index in [-0.39, 0.29) is 6.04 Å². The first-order valence-electron chi connectivity index (χ1n) is 5.60. The Hall–Kier alpha value is -0.780. The minimum Gasteiger partial charge on any atom is -0.328 e. The standard InChI is InChI=1S/C12H16N2OS2/c1-9(13)6-7-17(15)8-12-14-10-4-2-3-5-11(10)16-12/h2-5,9H,6-8,13H2,1H3. The number of hydrogen-bond donors (Lipinski definition) is 1. The van der Waals surface area contributed by atoms with Gasteiger partial charge in [0.1, 0.15) is 5.01 Å². The zero-order valence-electron chi connectivity index (χ0n) is 9.76. The number of benzene rings is 1. The summed E-state index contributed by atoms with van der Waals surface area (Å²) in [5.41, 5.74) is 6.64. The Morgan fingerprint density at radius 2 is 2.24 bits per heavy atom. The van der Waals surface area contributed by atoms with E-state index in [0.29, 0.717) is 11.5 Å². The summed E-state index contributed by atoms with van der Waals surface area (Å²) in [7, 11) is -0.850. The van der Waals surface area contributed by atoms with Crippen molar-refractivity contribution in [1.29, 1.82) is 0 Å². The summed E-state index contributed by atoms with van der Waals surface area (Å²) >= 11 is 1.62. The van der Waals surface area contributed by atoms with Crippen molar-refractivity contribution in [1.82, 2.24) is 4.98 Å². The highest BCUT2D eigenvalue weighted by atomic mass is 32.2. The minimum absolute atomic E-state index is 0.120. The summed E-state index contributed by atoms with van der Waals surface area (Å²) in [6.07, 6.45) is 0.803. The molecule has 3 nitrogen and oxygen atoms in total. The first-order valence-corrected chi connectivity index (χ1v) is 7.90. The number of nitrogens with two attached hydrogens (primary N) is 1. The molecule has 1 aromatic heterocycles. The fourth-order valence-corrected chi connectivity index (χ4v) is 4.02. The maximum Gasteiger partial charge on any atom is 0.106 e. The normalized spacial score (nSPS) is 14.9. The van der Waals surface area contributed by atoms with Crippen LogP contribution in [0.3, 0.4) is 0 Å². The predicted octanol–water partition coefficient (Wildman–Crippen LogP) is 2.28. The first kappa shape index (κ1) is 12.7. The summed E-state index contributed by atoms with van der Waals surface area (Å²) < 4.78 is 13.0. The third kappa shape index (κ3) is 3.59. The number of aromatic nitrogens is 1. The van der Waals surface area contributed by atoms with Gasteiger partial charge in [-0.1, -0.05) is 12.1 Å². The van der Waals surface area contributed by atoms with Crippen LogP contribution in [0.5, 0.6) is 0 Å². The smallest absolute Gasteiger partial charge is 0.106 e. The maximum absolute atomic E-state index is 11.8. The van der Waals surface area contributed by atoms with Crippen LogP contribution >= 0.6 is 11.3 Å². The van der Waals surface area contributed by atoms with Gasteiger partial charge in [-0.2, -0.15) is 0 Å². The molecule has 0 aliphatic heterocycles. The van der Waals surface area contributed by atoms with Crippen LogP contribution in [0.1, 0.15) is 18.4 Å². The van der Waals surface area contributed by atoms with Gasteiger partial charge < -0.3 is 5.73 Å². The second kappa shape index (κ2) is 5.71. The average molecular weight is 268 g/mol. The fourth-order valence-electron chi connectivity index (χ4n) is 1.51. The van der Waals surface area contributed by atoms with Gasteiger partial charge in [0, 0.05) is 22.6 Å². The Labute approximate surface area is 108 Å². The van der Waals surface area contributed by atoms with Crippen molar-refractivity contribution in [2.75, 3.05) is 5.75 Å². The van der Waals surface area contributed by atoms with E-state index >= 15 is 0 Å².